The number of nitrogen functional groups attached to an aromatic ring is 1. The number of carbonyl (C=O) groups excluding carboxylic acids is 1. The second-order valence-electron chi connectivity index (χ2n) is 9.93. The standard InChI is InChI=1S/C24H32N10O3/c1-15(35)22(36)32-4-6-33(7-5-32)24-28-18-20(31-8-10-37-11-9-31)29-19(17-12-26-23(25)27-13-17)30-21(18)34(24)14-16-2-3-16/h12-13,15-16,35H,2-11,14H2,1H3,(H2,25,26,27). The van der Waals surface area contributed by atoms with Crippen LogP contribution in [0.25, 0.3) is 22.6 Å². The molecule has 0 radical (unpaired) electrons. The molecule has 3 aliphatic rings. The molecule has 6 rings (SSSR count). The van der Waals surface area contributed by atoms with Crippen LogP contribution >= 0.6 is 0 Å². The van der Waals surface area contributed by atoms with Crippen LogP contribution in [-0.2, 0) is 16.1 Å². The summed E-state index contributed by atoms with van der Waals surface area (Å²) < 4.78 is 7.80. The predicted molar refractivity (Wildman–Crippen MR) is 137 cm³/mol. The Morgan fingerprint density at radius 2 is 1.76 bits per heavy atom. The zero-order valence-corrected chi connectivity index (χ0v) is 21.0. The van der Waals surface area contributed by atoms with Crippen LogP contribution in [-0.4, -0.2) is 104 Å². The van der Waals surface area contributed by atoms with Crippen LogP contribution in [0.4, 0.5) is 17.7 Å². The zero-order chi connectivity index (χ0) is 25.5. The molecule has 1 amide bonds. The van der Waals surface area contributed by atoms with Gasteiger partial charge in [-0.05, 0) is 25.7 Å². The third-order valence-electron chi connectivity index (χ3n) is 7.17. The summed E-state index contributed by atoms with van der Waals surface area (Å²) in [5, 5.41) is 9.73. The number of piperazine rings is 1. The van der Waals surface area contributed by atoms with Crippen LogP contribution in [0.5, 0.6) is 0 Å². The van der Waals surface area contributed by atoms with E-state index in [2.05, 4.69) is 24.3 Å². The molecule has 1 unspecified atom stereocenters. The Hall–Kier alpha value is -3.58. The fourth-order valence-electron chi connectivity index (χ4n) is 4.91. The molecule has 0 spiro atoms. The number of aromatic nitrogens is 6. The topological polar surface area (TPSA) is 152 Å². The summed E-state index contributed by atoms with van der Waals surface area (Å²) in [6.45, 7) is 7.36. The Bertz CT molecular complexity index is 1280. The lowest BCUT2D eigenvalue weighted by Crippen LogP contribution is -2.51. The number of fused-ring (bicyclic) bond motifs is 1. The van der Waals surface area contributed by atoms with Crippen molar-refractivity contribution in [2.24, 2.45) is 5.92 Å². The second kappa shape index (κ2) is 9.71. The van der Waals surface area contributed by atoms with Crippen LogP contribution in [0, 0.1) is 5.92 Å². The lowest BCUT2D eigenvalue weighted by atomic mass is 10.2. The van der Waals surface area contributed by atoms with E-state index in [1.165, 1.54) is 19.8 Å². The first-order valence-electron chi connectivity index (χ1n) is 12.9. The monoisotopic (exact) mass is 508 g/mol. The van der Waals surface area contributed by atoms with E-state index in [4.69, 9.17) is 25.4 Å². The van der Waals surface area contributed by atoms with Crippen LogP contribution in [0.1, 0.15) is 19.8 Å². The Balaban J connectivity index is 1.43. The first-order valence-corrected chi connectivity index (χ1v) is 12.9. The van der Waals surface area contributed by atoms with Crippen molar-refractivity contribution in [2.45, 2.75) is 32.4 Å². The Morgan fingerprint density at radius 3 is 2.41 bits per heavy atom. The predicted octanol–water partition coefficient (Wildman–Crippen LogP) is 0.142. The van der Waals surface area contributed by atoms with Crippen molar-refractivity contribution in [2.75, 3.05) is 68.0 Å². The van der Waals surface area contributed by atoms with Crippen LogP contribution in [0.2, 0.25) is 0 Å². The number of carbonyl (C=O) groups is 1. The van der Waals surface area contributed by atoms with Crippen molar-refractivity contribution >= 4 is 34.8 Å². The molecule has 196 valence electrons. The molecule has 0 bridgehead atoms. The number of aliphatic hydroxyl groups is 1. The molecule has 0 aromatic carbocycles. The first kappa shape index (κ1) is 23.8. The molecule has 37 heavy (non-hydrogen) atoms. The van der Waals surface area contributed by atoms with Gasteiger partial charge in [0.05, 0.1) is 18.8 Å². The number of aliphatic hydroxyl groups excluding tert-OH is 1. The molecule has 3 N–H and O–H groups in total. The van der Waals surface area contributed by atoms with E-state index in [0.29, 0.717) is 56.7 Å². The van der Waals surface area contributed by atoms with Crippen molar-refractivity contribution in [3.05, 3.63) is 12.4 Å². The highest BCUT2D eigenvalue weighted by Crippen LogP contribution is 2.36. The normalized spacial score (nSPS) is 19.5. The van der Waals surface area contributed by atoms with E-state index in [9.17, 15) is 9.90 Å². The smallest absolute Gasteiger partial charge is 0.251 e. The quantitative estimate of drug-likeness (QED) is 0.468. The maximum absolute atomic E-state index is 12.3. The van der Waals surface area contributed by atoms with Crippen LogP contribution in [0.3, 0.4) is 0 Å². The minimum atomic E-state index is -0.993. The zero-order valence-electron chi connectivity index (χ0n) is 21.0. The molecule has 5 heterocycles. The molecule has 13 heteroatoms. The minimum absolute atomic E-state index is 0.201. The maximum Gasteiger partial charge on any atom is 0.251 e. The number of imidazole rings is 1. The van der Waals surface area contributed by atoms with Gasteiger partial charge in [0.25, 0.3) is 5.91 Å². The highest BCUT2D eigenvalue weighted by molar-refractivity contribution is 5.88. The minimum Gasteiger partial charge on any atom is -0.384 e. The van der Waals surface area contributed by atoms with Gasteiger partial charge in [-0.3, -0.25) is 9.36 Å². The lowest BCUT2D eigenvalue weighted by molar-refractivity contribution is -0.139. The number of ether oxygens (including phenoxy) is 1. The molecule has 1 atom stereocenters. The third kappa shape index (κ3) is 4.76. The molecule has 13 nitrogen and oxygen atoms in total. The number of rotatable bonds is 6. The maximum atomic E-state index is 12.3. The fraction of sp³-hybridized carbons (Fsp3) is 0.583. The fourth-order valence-corrected chi connectivity index (χ4v) is 4.91. The van der Waals surface area contributed by atoms with Crippen molar-refractivity contribution in [3.8, 4) is 11.4 Å². The van der Waals surface area contributed by atoms with E-state index in [1.54, 1.807) is 17.3 Å². The van der Waals surface area contributed by atoms with Gasteiger partial charge in [-0.25, -0.2) is 24.9 Å². The summed E-state index contributed by atoms with van der Waals surface area (Å²) in [4.78, 5) is 41.8. The third-order valence-corrected chi connectivity index (χ3v) is 7.17. The van der Waals surface area contributed by atoms with E-state index >= 15 is 0 Å². The molecule has 1 aliphatic carbocycles. The molecule has 2 aliphatic heterocycles. The van der Waals surface area contributed by atoms with E-state index in [1.807, 2.05) is 0 Å². The van der Waals surface area contributed by atoms with Gasteiger partial charge in [-0.15, -0.1) is 0 Å². The number of hydrogen-bond acceptors (Lipinski definition) is 11. The summed E-state index contributed by atoms with van der Waals surface area (Å²) in [5.74, 6) is 2.72. The highest BCUT2D eigenvalue weighted by Gasteiger charge is 2.32. The van der Waals surface area contributed by atoms with Crippen molar-refractivity contribution in [3.63, 3.8) is 0 Å². The lowest BCUT2D eigenvalue weighted by Gasteiger charge is -2.36. The number of morpholine rings is 1. The second-order valence-corrected chi connectivity index (χ2v) is 9.93. The molecule has 3 fully saturated rings. The van der Waals surface area contributed by atoms with Crippen molar-refractivity contribution in [1.29, 1.82) is 0 Å². The first-order chi connectivity index (χ1) is 18.0. The van der Waals surface area contributed by atoms with Gasteiger partial charge in [0.15, 0.2) is 22.8 Å². The van der Waals surface area contributed by atoms with Gasteiger partial charge >= 0.3 is 0 Å². The Labute approximate surface area is 214 Å². The number of nitrogens with zero attached hydrogens (tertiary/aromatic N) is 9. The van der Waals surface area contributed by atoms with Crippen molar-refractivity contribution < 1.29 is 14.6 Å². The number of anilines is 3. The Kier molecular flexibility index (Phi) is 6.24. The molecule has 1 saturated carbocycles. The largest absolute Gasteiger partial charge is 0.384 e. The van der Waals surface area contributed by atoms with E-state index in [-0.39, 0.29) is 11.9 Å². The van der Waals surface area contributed by atoms with Gasteiger partial charge in [0, 0.05) is 58.2 Å². The average molecular weight is 509 g/mol. The van der Waals surface area contributed by atoms with E-state index < -0.39 is 6.10 Å². The number of hydrogen-bond donors (Lipinski definition) is 2. The summed E-state index contributed by atoms with van der Waals surface area (Å²) in [6, 6.07) is 0. The number of nitrogens with two attached hydrogens (primary N) is 1. The summed E-state index contributed by atoms with van der Waals surface area (Å²) in [5.41, 5.74) is 7.96. The molecular weight excluding hydrogens is 476 g/mol. The van der Waals surface area contributed by atoms with Gasteiger partial charge in [0.1, 0.15) is 6.10 Å². The number of amides is 1. The molecule has 2 saturated heterocycles. The van der Waals surface area contributed by atoms with E-state index in [0.717, 1.165) is 42.6 Å². The summed E-state index contributed by atoms with van der Waals surface area (Å²) in [6.07, 6.45) is 4.68. The van der Waals surface area contributed by atoms with Gasteiger partial charge < -0.3 is 30.3 Å². The highest BCUT2D eigenvalue weighted by atomic mass is 16.5. The van der Waals surface area contributed by atoms with Gasteiger partial charge in [-0.1, -0.05) is 0 Å². The van der Waals surface area contributed by atoms with Gasteiger partial charge in [-0.2, -0.15) is 0 Å². The van der Waals surface area contributed by atoms with Crippen molar-refractivity contribution in [1.82, 2.24) is 34.4 Å². The van der Waals surface area contributed by atoms with Crippen LogP contribution in [0.15, 0.2) is 12.4 Å². The summed E-state index contributed by atoms with van der Waals surface area (Å²) >= 11 is 0. The molecule has 3 aromatic heterocycles. The SMILES string of the molecule is CC(O)C(=O)N1CCN(c2nc3c(N4CCOCC4)nc(-c4cnc(N)nc4)nc3n2CC2CC2)CC1. The van der Waals surface area contributed by atoms with Gasteiger partial charge in [0.2, 0.25) is 11.9 Å². The molecular formula is C24H32N10O3. The summed E-state index contributed by atoms with van der Waals surface area (Å²) in [7, 11) is 0. The molecule has 3 aromatic rings. The van der Waals surface area contributed by atoms with Crippen LogP contribution < -0.4 is 15.5 Å². The average Bonchev–Trinajstić information content (AvgIpc) is 3.68. The Morgan fingerprint density at radius 1 is 1.05 bits per heavy atom.